The van der Waals surface area contributed by atoms with Crippen LogP contribution < -0.4 is 5.32 Å². The molecule has 6 nitrogen and oxygen atoms in total. The van der Waals surface area contributed by atoms with Gasteiger partial charge in [-0.2, -0.15) is 5.10 Å². The summed E-state index contributed by atoms with van der Waals surface area (Å²) in [6.45, 7) is 0. The Hall–Kier alpha value is -2.93. The van der Waals surface area contributed by atoms with E-state index in [-0.39, 0.29) is 11.6 Å². The van der Waals surface area contributed by atoms with Crippen molar-refractivity contribution in [2.24, 2.45) is 0 Å². The van der Waals surface area contributed by atoms with Gasteiger partial charge in [0.2, 0.25) is 0 Å². The average molecular weight is 383 g/mol. The zero-order valence-corrected chi connectivity index (χ0v) is 13.9. The van der Waals surface area contributed by atoms with E-state index in [4.69, 9.17) is 4.42 Å². The molecule has 4 rings (SSSR count). The van der Waals surface area contributed by atoms with Crippen LogP contribution >= 0.6 is 15.9 Å². The van der Waals surface area contributed by atoms with Crippen molar-refractivity contribution in [1.82, 2.24) is 15.2 Å². The lowest BCUT2D eigenvalue weighted by molar-refractivity contribution is 0.102. The molecule has 0 bridgehead atoms. The van der Waals surface area contributed by atoms with Crippen LogP contribution in [0.3, 0.4) is 0 Å². The first-order chi connectivity index (χ1) is 11.7. The second-order valence-electron chi connectivity index (χ2n) is 5.09. The maximum Gasteiger partial charge on any atom is 0.276 e. The number of aromatic nitrogens is 3. The molecule has 3 heterocycles. The molecule has 0 aliphatic rings. The number of aromatic amines is 1. The van der Waals surface area contributed by atoms with Crippen LogP contribution in [0.25, 0.3) is 22.4 Å². The lowest BCUT2D eigenvalue weighted by Gasteiger charge is -2.08. The summed E-state index contributed by atoms with van der Waals surface area (Å²) in [5.41, 5.74) is 2.25. The van der Waals surface area contributed by atoms with Crippen molar-refractivity contribution in [2.75, 3.05) is 5.32 Å². The summed E-state index contributed by atoms with van der Waals surface area (Å²) in [4.78, 5) is 16.8. The van der Waals surface area contributed by atoms with E-state index in [0.29, 0.717) is 22.7 Å². The third kappa shape index (κ3) is 2.59. The quantitative estimate of drug-likeness (QED) is 0.555. The number of hydrogen-bond donors (Lipinski definition) is 2. The number of rotatable bonds is 3. The van der Waals surface area contributed by atoms with Gasteiger partial charge in [0.25, 0.3) is 5.91 Å². The smallest absolute Gasteiger partial charge is 0.276 e. The van der Waals surface area contributed by atoms with Gasteiger partial charge in [0, 0.05) is 22.1 Å². The number of H-pyrrole nitrogens is 1. The molecule has 0 spiro atoms. The van der Waals surface area contributed by atoms with Crippen LogP contribution in [-0.4, -0.2) is 21.1 Å². The predicted molar refractivity (Wildman–Crippen MR) is 93.7 cm³/mol. The number of nitrogens with one attached hydrogen (secondary N) is 2. The molecule has 0 unspecified atom stereocenters. The Morgan fingerprint density at radius 1 is 1.21 bits per heavy atom. The van der Waals surface area contributed by atoms with Crippen molar-refractivity contribution in [2.45, 2.75) is 0 Å². The Kier molecular flexibility index (Phi) is 3.62. The van der Waals surface area contributed by atoms with Gasteiger partial charge in [-0.05, 0) is 30.3 Å². The molecule has 1 aromatic carbocycles. The van der Waals surface area contributed by atoms with E-state index < -0.39 is 0 Å². The maximum absolute atomic E-state index is 12.5. The van der Waals surface area contributed by atoms with Gasteiger partial charge in [-0.3, -0.25) is 14.9 Å². The molecular formula is C17H11BrN4O2. The lowest BCUT2D eigenvalue weighted by Crippen LogP contribution is -2.12. The van der Waals surface area contributed by atoms with Gasteiger partial charge in [0.1, 0.15) is 5.69 Å². The summed E-state index contributed by atoms with van der Waals surface area (Å²) in [5.74, 6) is 0.302. The van der Waals surface area contributed by atoms with Gasteiger partial charge in [-0.1, -0.05) is 22.0 Å². The largest absolute Gasteiger partial charge is 0.463 e. The van der Waals surface area contributed by atoms with E-state index in [1.54, 1.807) is 36.7 Å². The van der Waals surface area contributed by atoms with Crippen LogP contribution in [0.15, 0.2) is 63.8 Å². The van der Waals surface area contributed by atoms with Gasteiger partial charge in [-0.25, -0.2) is 0 Å². The summed E-state index contributed by atoms with van der Waals surface area (Å²) in [6, 6.07) is 12.7. The third-order valence-electron chi connectivity index (χ3n) is 3.56. The van der Waals surface area contributed by atoms with Crippen LogP contribution in [0.1, 0.15) is 10.5 Å². The number of carbonyl (C=O) groups is 1. The molecule has 0 fully saturated rings. The fraction of sp³-hybridized carbons (Fsp3) is 0. The first-order valence-electron chi connectivity index (χ1n) is 7.16. The monoisotopic (exact) mass is 382 g/mol. The van der Waals surface area contributed by atoms with Crippen LogP contribution in [0, 0.1) is 0 Å². The molecule has 0 aliphatic heterocycles. The molecular weight excluding hydrogens is 372 g/mol. The molecule has 7 heteroatoms. The normalized spacial score (nSPS) is 10.9. The topological polar surface area (TPSA) is 83.8 Å². The first-order valence-corrected chi connectivity index (χ1v) is 7.95. The maximum atomic E-state index is 12.5. The number of fused-ring (bicyclic) bond motifs is 1. The molecule has 0 saturated carbocycles. The second-order valence-corrected chi connectivity index (χ2v) is 5.95. The summed E-state index contributed by atoms with van der Waals surface area (Å²) in [5, 5.41) is 10.6. The molecule has 0 aliphatic carbocycles. The highest BCUT2D eigenvalue weighted by molar-refractivity contribution is 9.10. The molecule has 0 radical (unpaired) electrons. The zero-order valence-electron chi connectivity index (χ0n) is 12.3. The van der Waals surface area contributed by atoms with Crippen molar-refractivity contribution in [3.05, 3.63) is 65.1 Å². The van der Waals surface area contributed by atoms with Crippen molar-refractivity contribution in [3.63, 3.8) is 0 Å². The lowest BCUT2D eigenvalue weighted by atomic mass is 10.2. The van der Waals surface area contributed by atoms with E-state index in [1.165, 1.54) is 0 Å². The van der Waals surface area contributed by atoms with Gasteiger partial charge in [0.15, 0.2) is 11.5 Å². The minimum Gasteiger partial charge on any atom is -0.463 e. The van der Waals surface area contributed by atoms with E-state index in [1.807, 2.05) is 18.2 Å². The number of nitrogens with zero attached hydrogens (tertiary/aromatic N) is 2. The Bertz CT molecular complexity index is 1020. The standard InChI is InChI=1S/C17H11BrN4O2/c18-11-5-6-12(16-10(11)3-1-7-19-16)20-17(23)14-9-13(21-22-14)15-4-2-8-24-15/h1-9H,(H,20,23)(H,21,22). The summed E-state index contributed by atoms with van der Waals surface area (Å²) in [7, 11) is 0. The van der Waals surface area contributed by atoms with Gasteiger partial charge < -0.3 is 9.73 Å². The summed E-state index contributed by atoms with van der Waals surface area (Å²) in [6.07, 6.45) is 3.25. The highest BCUT2D eigenvalue weighted by Crippen LogP contribution is 2.28. The van der Waals surface area contributed by atoms with Gasteiger partial charge in [-0.15, -0.1) is 0 Å². The number of pyridine rings is 1. The zero-order chi connectivity index (χ0) is 16.5. The summed E-state index contributed by atoms with van der Waals surface area (Å²) >= 11 is 3.49. The molecule has 3 aromatic heterocycles. The third-order valence-corrected chi connectivity index (χ3v) is 4.25. The number of amides is 1. The molecule has 2 N–H and O–H groups in total. The molecule has 0 saturated heterocycles. The van der Waals surface area contributed by atoms with Gasteiger partial charge in [0.05, 0.1) is 17.5 Å². The van der Waals surface area contributed by atoms with E-state index in [9.17, 15) is 4.79 Å². The number of benzene rings is 1. The highest BCUT2D eigenvalue weighted by atomic mass is 79.9. The predicted octanol–water partition coefficient (Wildman–Crippen LogP) is 4.23. The molecule has 4 aromatic rings. The van der Waals surface area contributed by atoms with Crippen molar-refractivity contribution < 1.29 is 9.21 Å². The first kappa shape index (κ1) is 14.6. The Balaban J connectivity index is 1.64. The van der Waals surface area contributed by atoms with Crippen LogP contribution in [0.2, 0.25) is 0 Å². The number of furan rings is 1. The molecule has 24 heavy (non-hydrogen) atoms. The highest BCUT2D eigenvalue weighted by Gasteiger charge is 2.15. The summed E-state index contributed by atoms with van der Waals surface area (Å²) < 4.78 is 6.20. The minimum atomic E-state index is -0.321. The number of anilines is 1. The Morgan fingerprint density at radius 3 is 2.96 bits per heavy atom. The van der Waals surface area contributed by atoms with Crippen LogP contribution in [-0.2, 0) is 0 Å². The fourth-order valence-corrected chi connectivity index (χ4v) is 2.87. The van der Waals surface area contributed by atoms with Gasteiger partial charge >= 0.3 is 0 Å². The number of halogens is 1. The molecule has 1 amide bonds. The van der Waals surface area contributed by atoms with Crippen molar-refractivity contribution in [3.8, 4) is 11.5 Å². The average Bonchev–Trinajstić information content (AvgIpc) is 3.28. The van der Waals surface area contributed by atoms with E-state index >= 15 is 0 Å². The Morgan fingerprint density at radius 2 is 2.12 bits per heavy atom. The van der Waals surface area contributed by atoms with E-state index in [2.05, 4.69) is 36.4 Å². The molecule has 0 atom stereocenters. The number of hydrogen-bond acceptors (Lipinski definition) is 4. The minimum absolute atomic E-state index is 0.272. The second kappa shape index (κ2) is 5.93. The van der Waals surface area contributed by atoms with Crippen molar-refractivity contribution in [1.29, 1.82) is 0 Å². The van der Waals surface area contributed by atoms with Crippen molar-refractivity contribution >= 4 is 38.4 Å². The SMILES string of the molecule is O=C(Nc1ccc(Br)c2cccnc12)c1cc(-c2ccco2)[nH]n1. The fourth-order valence-electron chi connectivity index (χ4n) is 2.42. The Labute approximate surface area is 145 Å². The van der Waals surface area contributed by atoms with Crippen LogP contribution in [0.5, 0.6) is 0 Å². The van der Waals surface area contributed by atoms with Crippen LogP contribution in [0.4, 0.5) is 5.69 Å². The molecule has 118 valence electrons. The number of carbonyl (C=O) groups excluding carboxylic acids is 1. The van der Waals surface area contributed by atoms with E-state index in [0.717, 1.165) is 9.86 Å².